The van der Waals surface area contributed by atoms with Crippen LogP contribution in [-0.2, 0) is 17.5 Å². The molecule has 1 aliphatic rings. The van der Waals surface area contributed by atoms with Crippen LogP contribution in [0.4, 0.5) is 18.9 Å². The van der Waals surface area contributed by atoms with E-state index in [9.17, 15) is 22.8 Å². The van der Waals surface area contributed by atoms with Gasteiger partial charge in [-0.15, -0.1) is 0 Å². The fraction of sp³-hybridized carbons (Fsp3) is 0.480. The summed E-state index contributed by atoms with van der Waals surface area (Å²) in [5.41, 5.74) is -0.500. The molecule has 7 nitrogen and oxygen atoms in total. The molecule has 10 heteroatoms. The lowest BCUT2D eigenvalue weighted by molar-refractivity contribution is -0.141. The fourth-order valence-corrected chi connectivity index (χ4v) is 3.94. The van der Waals surface area contributed by atoms with Gasteiger partial charge < -0.3 is 15.4 Å². The number of aromatic nitrogens is 1. The van der Waals surface area contributed by atoms with Gasteiger partial charge in [-0.1, -0.05) is 12.1 Å². The highest BCUT2D eigenvalue weighted by molar-refractivity contribution is 6.03. The first-order valence-corrected chi connectivity index (χ1v) is 11.4. The van der Waals surface area contributed by atoms with Crippen LogP contribution in [0.15, 0.2) is 36.4 Å². The number of benzene rings is 1. The van der Waals surface area contributed by atoms with Crippen molar-refractivity contribution in [3.05, 3.63) is 53.3 Å². The number of methoxy groups -OCH3 is 1. The van der Waals surface area contributed by atoms with Gasteiger partial charge in [-0.25, -0.2) is 4.98 Å². The highest BCUT2D eigenvalue weighted by Crippen LogP contribution is 2.29. The summed E-state index contributed by atoms with van der Waals surface area (Å²) in [5, 5.41) is 5.65. The van der Waals surface area contributed by atoms with E-state index >= 15 is 0 Å². The van der Waals surface area contributed by atoms with E-state index < -0.39 is 17.8 Å². The Labute approximate surface area is 203 Å². The summed E-state index contributed by atoms with van der Waals surface area (Å²) in [6.07, 6.45) is -3.14. The van der Waals surface area contributed by atoms with Crippen LogP contribution in [0.25, 0.3) is 0 Å². The predicted octanol–water partition coefficient (Wildman–Crippen LogP) is 4.49. The van der Waals surface area contributed by atoms with Gasteiger partial charge in [-0.2, -0.15) is 13.2 Å². The molecule has 190 valence electrons. The largest absolute Gasteiger partial charge is 0.495 e. The zero-order chi connectivity index (χ0) is 25.8. The number of ether oxygens (including phenoxy) is 1. The van der Waals surface area contributed by atoms with Crippen LogP contribution < -0.4 is 15.4 Å². The molecule has 1 saturated heterocycles. The number of piperidine rings is 1. The summed E-state index contributed by atoms with van der Waals surface area (Å²) in [6, 6.07) is 8.49. The summed E-state index contributed by atoms with van der Waals surface area (Å²) in [6.45, 7) is 7.99. The predicted molar refractivity (Wildman–Crippen MR) is 126 cm³/mol. The first-order valence-electron chi connectivity index (χ1n) is 11.4. The number of anilines is 1. The first kappa shape index (κ1) is 26.5. The lowest BCUT2D eigenvalue weighted by Gasteiger charge is -2.33. The van der Waals surface area contributed by atoms with E-state index in [0.29, 0.717) is 18.0 Å². The molecule has 1 aliphatic heterocycles. The minimum absolute atomic E-state index is 0.0175. The number of likely N-dealkylation sites (tertiary alicyclic amines) is 1. The number of alkyl halides is 3. The van der Waals surface area contributed by atoms with Crippen molar-refractivity contribution in [1.82, 2.24) is 15.2 Å². The number of pyridine rings is 1. The summed E-state index contributed by atoms with van der Waals surface area (Å²) < 4.78 is 44.2. The zero-order valence-electron chi connectivity index (χ0n) is 20.3. The Morgan fingerprint density at radius 1 is 1.11 bits per heavy atom. The summed E-state index contributed by atoms with van der Waals surface area (Å²) >= 11 is 0. The molecular formula is C25H31F3N4O3. The number of carbonyl (C=O) groups is 2. The Hall–Kier alpha value is -3.14. The van der Waals surface area contributed by atoms with Crippen molar-refractivity contribution in [1.29, 1.82) is 0 Å². The maximum Gasteiger partial charge on any atom is 0.433 e. The molecule has 1 aromatic carbocycles. The molecule has 3 rings (SSSR count). The van der Waals surface area contributed by atoms with Crippen LogP contribution in [-0.4, -0.2) is 47.4 Å². The number of nitrogens with zero attached hydrogens (tertiary/aromatic N) is 2. The minimum atomic E-state index is -4.64. The average Bonchev–Trinajstić information content (AvgIpc) is 2.78. The average molecular weight is 493 g/mol. The molecule has 0 saturated carbocycles. The van der Waals surface area contributed by atoms with Crippen LogP contribution in [0.5, 0.6) is 5.75 Å². The molecule has 0 bridgehead atoms. The standard InChI is InChI=1S/C25H31F3N4O3/c1-24(2,3)31-22(33)17-10-12-32(13-11-17)15-16-8-9-20(35-4)19(14-16)30-23(34)18-6-5-7-21(29-18)25(26,27)28/h5-9,14,17H,10-13,15H2,1-4H3,(H,30,34)(H,31,33). The lowest BCUT2D eigenvalue weighted by Crippen LogP contribution is -2.46. The quantitative estimate of drug-likeness (QED) is 0.621. The molecule has 0 atom stereocenters. The second-order valence-electron chi connectivity index (χ2n) is 9.68. The van der Waals surface area contributed by atoms with Gasteiger partial charge in [0.1, 0.15) is 17.1 Å². The monoisotopic (exact) mass is 492 g/mol. The van der Waals surface area contributed by atoms with Crippen LogP contribution in [0.2, 0.25) is 0 Å². The minimum Gasteiger partial charge on any atom is -0.495 e. The summed E-state index contributed by atoms with van der Waals surface area (Å²) in [4.78, 5) is 30.7. The van der Waals surface area contributed by atoms with Crippen molar-refractivity contribution in [2.45, 2.75) is 51.9 Å². The van der Waals surface area contributed by atoms with Crippen LogP contribution in [0.1, 0.15) is 55.4 Å². The highest BCUT2D eigenvalue weighted by Gasteiger charge is 2.33. The first-order chi connectivity index (χ1) is 16.4. The third-order valence-corrected chi connectivity index (χ3v) is 5.65. The van der Waals surface area contributed by atoms with Gasteiger partial charge in [0.05, 0.1) is 12.8 Å². The molecule has 35 heavy (non-hydrogen) atoms. The van der Waals surface area contributed by atoms with E-state index in [2.05, 4.69) is 20.5 Å². The molecule has 0 radical (unpaired) electrons. The number of carbonyl (C=O) groups excluding carboxylic acids is 2. The number of hydrogen-bond acceptors (Lipinski definition) is 5. The van der Waals surface area contributed by atoms with E-state index in [1.807, 2.05) is 26.8 Å². The third-order valence-electron chi connectivity index (χ3n) is 5.65. The van der Waals surface area contributed by atoms with E-state index in [0.717, 1.165) is 43.6 Å². The number of halogens is 3. The van der Waals surface area contributed by atoms with Crippen LogP contribution >= 0.6 is 0 Å². The molecule has 1 aromatic heterocycles. The number of hydrogen-bond donors (Lipinski definition) is 2. The van der Waals surface area contributed by atoms with Gasteiger partial charge in [-0.3, -0.25) is 14.5 Å². The Morgan fingerprint density at radius 2 is 1.80 bits per heavy atom. The van der Waals surface area contributed by atoms with Gasteiger partial charge in [0, 0.05) is 18.0 Å². The lowest BCUT2D eigenvalue weighted by atomic mass is 9.94. The van der Waals surface area contributed by atoms with E-state index in [1.54, 1.807) is 12.1 Å². The zero-order valence-corrected chi connectivity index (χ0v) is 20.3. The van der Waals surface area contributed by atoms with Crippen molar-refractivity contribution in [2.24, 2.45) is 5.92 Å². The SMILES string of the molecule is COc1ccc(CN2CCC(C(=O)NC(C)(C)C)CC2)cc1NC(=O)c1cccc(C(F)(F)F)n1. The number of rotatable bonds is 6. The molecule has 0 aliphatic carbocycles. The number of amides is 2. The van der Waals surface area contributed by atoms with Crippen LogP contribution in [0.3, 0.4) is 0 Å². The van der Waals surface area contributed by atoms with Gasteiger partial charge in [0.2, 0.25) is 5.91 Å². The topological polar surface area (TPSA) is 83.6 Å². The van der Waals surface area contributed by atoms with Crippen molar-refractivity contribution < 1.29 is 27.5 Å². The summed E-state index contributed by atoms with van der Waals surface area (Å²) in [5.74, 6) is -0.324. The molecule has 2 heterocycles. The molecule has 2 amide bonds. The second-order valence-corrected chi connectivity index (χ2v) is 9.68. The van der Waals surface area contributed by atoms with Gasteiger partial charge in [0.15, 0.2) is 0 Å². The number of nitrogens with one attached hydrogen (secondary N) is 2. The fourth-order valence-electron chi connectivity index (χ4n) is 3.94. The van der Waals surface area contributed by atoms with Gasteiger partial charge >= 0.3 is 6.18 Å². The summed E-state index contributed by atoms with van der Waals surface area (Å²) in [7, 11) is 1.45. The van der Waals surface area contributed by atoms with E-state index in [1.165, 1.54) is 13.2 Å². The van der Waals surface area contributed by atoms with Crippen molar-refractivity contribution in [3.63, 3.8) is 0 Å². The van der Waals surface area contributed by atoms with Crippen LogP contribution in [0, 0.1) is 5.92 Å². The Bertz CT molecular complexity index is 1060. The Kier molecular flexibility index (Phi) is 8.04. The molecule has 2 aromatic rings. The Morgan fingerprint density at radius 3 is 2.40 bits per heavy atom. The van der Waals surface area contributed by atoms with Gasteiger partial charge in [-0.05, 0) is 76.5 Å². The Balaban J connectivity index is 1.65. The van der Waals surface area contributed by atoms with Crippen molar-refractivity contribution in [2.75, 3.05) is 25.5 Å². The third kappa shape index (κ3) is 7.42. The van der Waals surface area contributed by atoms with E-state index in [-0.39, 0.29) is 23.1 Å². The maximum absolute atomic E-state index is 13.0. The molecule has 1 fully saturated rings. The van der Waals surface area contributed by atoms with Gasteiger partial charge in [0.25, 0.3) is 5.91 Å². The molecule has 0 unspecified atom stereocenters. The molecule has 2 N–H and O–H groups in total. The molecular weight excluding hydrogens is 461 g/mol. The maximum atomic E-state index is 13.0. The molecule has 0 spiro atoms. The van der Waals surface area contributed by atoms with E-state index in [4.69, 9.17) is 4.74 Å². The van der Waals surface area contributed by atoms with Crippen molar-refractivity contribution in [3.8, 4) is 5.75 Å². The highest BCUT2D eigenvalue weighted by atomic mass is 19.4. The normalized spacial score (nSPS) is 15.5. The second kappa shape index (κ2) is 10.6. The van der Waals surface area contributed by atoms with Crippen molar-refractivity contribution >= 4 is 17.5 Å². The smallest absolute Gasteiger partial charge is 0.433 e.